The molecule has 0 saturated carbocycles. The van der Waals surface area contributed by atoms with Gasteiger partial charge < -0.3 is 5.11 Å². The largest absolute Gasteiger partial charge is 0.396 e. The summed E-state index contributed by atoms with van der Waals surface area (Å²) >= 11 is 5.06. The van der Waals surface area contributed by atoms with E-state index < -0.39 is 0 Å². The fraction of sp³-hybridized carbons (Fsp3) is 0.667. The number of halogens is 1. The molecule has 0 radical (unpaired) electrons. The Labute approximate surface area is 54.7 Å². The minimum atomic E-state index is 0.254. The van der Waals surface area contributed by atoms with Crippen LogP contribution in [-0.2, 0) is 0 Å². The zero-order valence-electron chi connectivity index (χ0n) is 4.65. The maximum Gasteiger partial charge on any atom is 0.0431 e. The van der Waals surface area contributed by atoms with Gasteiger partial charge in [0.15, 0.2) is 0 Å². The lowest BCUT2D eigenvalue weighted by molar-refractivity contribution is 0.285. The Morgan fingerprint density at radius 2 is 2.12 bits per heavy atom. The first-order valence-electron chi connectivity index (χ1n) is 2.61. The molecule has 8 heavy (non-hydrogen) atoms. The van der Waals surface area contributed by atoms with Crippen LogP contribution in [0.2, 0.25) is 0 Å². The predicted octanol–water partition coefficient (Wildman–Crippen LogP) is 1.35. The van der Waals surface area contributed by atoms with E-state index in [2.05, 4.69) is 11.3 Å². The van der Waals surface area contributed by atoms with Crippen molar-refractivity contribution in [2.45, 2.75) is 19.3 Å². The van der Waals surface area contributed by atoms with E-state index in [4.69, 9.17) is 16.7 Å². The lowest BCUT2D eigenvalue weighted by atomic mass is 10.2. The molecule has 0 spiro atoms. The zero-order valence-corrected chi connectivity index (χ0v) is 5.41. The zero-order chi connectivity index (χ0) is 6.24. The lowest BCUT2D eigenvalue weighted by Gasteiger charge is -1.86. The van der Waals surface area contributed by atoms with E-state index in [1.165, 1.54) is 0 Å². The van der Waals surface area contributed by atoms with Crippen molar-refractivity contribution in [3.63, 3.8) is 0 Å². The van der Waals surface area contributed by atoms with Gasteiger partial charge in [-0.2, -0.15) is 0 Å². The molecular weight excluding hydrogens is 124 g/mol. The minimum Gasteiger partial charge on any atom is -0.396 e. The van der Waals surface area contributed by atoms with E-state index in [1.807, 2.05) is 0 Å². The van der Waals surface area contributed by atoms with Crippen molar-refractivity contribution in [3.8, 4) is 11.3 Å². The number of hydrogen-bond donors (Lipinski definition) is 1. The number of aliphatic hydroxyl groups excluding tert-OH is 1. The van der Waals surface area contributed by atoms with Crippen LogP contribution in [0, 0.1) is 11.3 Å². The first-order valence-corrected chi connectivity index (χ1v) is 2.99. The number of aliphatic hydroxyl groups is 1. The normalized spacial score (nSPS) is 7.75. The average molecular weight is 133 g/mol. The summed E-state index contributed by atoms with van der Waals surface area (Å²) in [4.78, 5) is 0. The molecule has 2 heteroatoms. The molecule has 0 aromatic rings. The fourth-order valence-electron chi connectivity index (χ4n) is 0.372. The highest BCUT2D eigenvalue weighted by atomic mass is 35.5. The summed E-state index contributed by atoms with van der Waals surface area (Å²) in [6, 6.07) is 0. The van der Waals surface area contributed by atoms with Crippen molar-refractivity contribution < 1.29 is 5.11 Å². The van der Waals surface area contributed by atoms with Gasteiger partial charge in [-0.3, -0.25) is 0 Å². The second-order valence-electron chi connectivity index (χ2n) is 1.45. The number of hydrogen-bond acceptors (Lipinski definition) is 1. The predicted molar refractivity (Wildman–Crippen MR) is 34.6 cm³/mol. The molecule has 0 aromatic carbocycles. The van der Waals surface area contributed by atoms with Gasteiger partial charge in [-0.05, 0) is 24.4 Å². The van der Waals surface area contributed by atoms with E-state index in [0.29, 0.717) is 0 Å². The minimum absolute atomic E-state index is 0.254. The van der Waals surface area contributed by atoms with Gasteiger partial charge in [0.2, 0.25) is 0 Å². The summed E-state index contributed by atoms with van der Waals surface area (Å²) in [7, 11) is 0. The van der Waals surface area contributed by atoms with Crippen molar-refractivity contribution in [3.05, 3.63) is 0 Å². The van der Waals surface area contributed by atoms with Crippen molar-refractivity contribution in [1.82, 2.24) is 0 Å². The molecule has 0 amide bonds. The molecule has 0 rings (SSSR count). The Morgan fingerprint density at radius 1 is 1.38 bits per heavy atom. The summed E-state index contributed by atoms with van der Waals surface area (Å²) in [6.07, 6.45) is 2.56. The quantitative estimate of drug-likeness (QED) is 0.454. The maximum absolute atomic E-state index is 8.28. The molecule has 0 bridgehead atoms. The van der Waals surface area contributed by atoms with E-state index in [0.717, 1.165) is 19.3 Å². The molecule has 0 aliphatic rings. The first-order chi connectivity index (χ1) is 3.91. The van der Waals surface area contributed by atoms with Crippen LogP contribution in [0.15, 0.2) is 0 Å². The molecule has 0 unspecified atom stereocenters. The van der Waals surface area contributed by atoms with E-state index >= 15 is 0 Å². The third-order valence-electron chi connectivity index (χ3n) is 0.777. The highest BCUT2D eigenvalue weighted by molar-refractivity contribution is 6.30. The highest BCUT2D eigenvalue weighted by Crippen LogP contribution is 1.90. The van der Waals surface area contributed by atoms with Crippen molar-refractivity contribution in [1.29, 1.82) is 0 Å². The Hall–Kier alpha value is -0.190. The second-order valence-corrected chi connectivity index (χ2v) is 1.64. The molecule has 0 aliphatic carbocycles. The monoisotopic (exact) mass is 132 g/mol. The van der Waals surface area contributed by atoms with Crippen molar-refractivity contribution in [2.24, 2.45) is 0 Å². The summed E-state index contributed by atoms with van der Waals surface area (Å²) in [5, 5.41) is 10.6. The van der Waals surface area contributed by atoms with Crippen LogP contribution in [0.1, 0.15) is 19.3 Å². The summed E-state index contributed by atoms with van der Waals surface area (Å²) in [6.45, 7) is 0.254. The Kier molecular flexibility index (Phi) is 6.65. The van der Waals surface area contributed by atoms with Crippen LogP contribution in [-0.4, -0.2) is 11.7 Å². The van der Waals surface area contributed by atoms with Gasteiger partial charge in [0.25, 0.3) is 0 Å². The van der Waals surface area contributed by atoms with E-state index in [-0.39, 0.29) is 6.61 Å². The molecule has 0 heterocycles. The van der Waals surface area contributed by atoms with Crippen LogP contribution in [0.4, 0.5) is 0 Å². The first kappa shape index (κ1) is 7.81. The van der Waals surface area contributed by atoms with E-state index in [9.17, 15) is 0 Å². The number of unbranched alkanes of at least 4 members (excludes halogenated alkanes) is 2. The third kappa shape index (κ3) is 5.81. The standard InChI is InChI=1S/C6H9ClO/c7-5-3-1-2-4-6-8/h8H,1-2,4,6H2. The molecule has 1 N–H and O–H groups in total. The van der Waals surface area contributed by atoms with E-state index in [1.54, 1.807) is 0 Å². The molecule has 0 aliphatic heterocycles. The molecule has 0 atom stereocenters. The Bertz CT molecular complexity index is 90.4. The van der Waals surface area contributed by atoms with Crippen molar-refractivity contribution in [2.75, 3.05) is 6.61 Å². The Morgan fingerprint density at radius 3 is 2.62 bits per heavy atom. The summed E-state index contributed by atoms with van der Waals surface area (Å²) < 4.78 is 0. The average Bonchev–Trinajstić information content (AvgIpc) is 1.81. The Balaban J connectivity index is 2.79. The molecule has 46 valence electrons. The highest BCUT2D eigenvalue weighted by Gasteiger charge is 1.79. The molecule has 0 fully saturated rings. The number of rotatable bonds is 3. The van der Waals surface area contributed by atoms with Gasteiger partial charge >= 0.3 is 0 Å². The maximum atomic E-state index is 8.28. The second kappa shape index (κ2) is 6.81. The summed E-state index contributed by atoms with van der Waals surface area (Å²) in [5.41, 5.74) is 0. The van der Waals surface area contributed by atoms with Crippen LogP contribution < -0.4 is 0 Å². The molecule has 0 aromatic heterocycles. The fourth-order valence-corrected chi connectivity index (χ4v) is 0.467. The van der Waals surface area contributed by atoms with Crippen molar-refractivity contribution >= 4 is 11.6 Å². The summed E-state index contributed by atoms with van der Waals surface area (Å²) in [5.74, 6) is 2.69. The van der Waals surface area contributed by atoms with Crippen LogP contribution in [0.25, 0.3) is 0 Å². The SMILES string of the molecule is OCCCCC#CCl. The topological polar surface area (TPSA) is 20.2 Å². The van der Waals surface area contributed by atoms with Crippen LogP contribution >= 0.6 is 11.6 Å². The van der Waals surface area contributed by atoms with Gasteiger partial charge in [0.05, 0.1) is 0 Å². The van der Waals surface area contributed by atoms with Crippen LogP contribution in [0.3, 0.4) is 0 Å². The van der Waals surface area contributed by atoms with Gasteiger partial charge in [0, 0.05) is 18.4 Å². The van der Waals surface area contributed by atoms with Gasteiger partial charge in [0.1, 0.15) is 0 Å². The molecule has 1 nitrogen and oxygen atoms in total. The van der Waals surface area contributed by atoms with Gasteiger partial charge in [-0.25, -0.2) is 0 Å². The smallest absolute Gasteiger partial charge is 0.0431 e. The molecular formula is C6H9ClO. The third-order valence-corrected chi connectivity index (χ3v) is 0.910. The molecule has 0 saturated heterocycles. The van der Waals surface area contributed by atoms with Gasteiger partial charge in [-0.15, -0.1) is 0 Å². The van der Waals surface area contributed by atoms with Crippen LogP contribution in [0.5, 0.6) is 0 Å². The lowest BCUT2D eigenvalue weighted by Crippen LogP contribution is -1.79. The van der Waals surface area contributed by atoms with Gasteiger partial charge in [-0.1, -0.05) is 5.92 Å².